The molecule has 1 N–H and O–H groups in total. The van der Waals surface area contributed by atoms with Crippen LogP contribution in [0.4, 0.5) is 0 Å². The van der Waals surface area contributed by atoms with Gasteiger partial charge in [-0.25, -0.2) is 0 Å². The number of carbonyl (C=O) groups is 1. The average Bonchev–Trinajstić information content (AvgIpc) is 2.55. The highest BCUT2D eigenvalue weighted by Crippen LogP contribution is 2.18. The Kier molecular flexibility index (Phi) is 2.98. The van der Waals surface area contributed by atoms with Crippen LogP contribution in [0.15, 0.2) is 48.7 Å². The number of benzene rings is 1. The van der Waals surface area contributed by atoms with Crippen molar-refractivity contribution >= 4 is 11.9 Å². The summed E-state index contributed by atoms with van der Waals surface area (Å²) in [5.74, 6) is 0. The summed E-state index contributed by atoms with van der Waals surface area (Å²) in [5.41, 5.74) is 2.34. The van der Waals surface area contributed by atoms with Crippen LogP contribution in [-0.2, 0) is 4.79 Å². The molecule has 1 aromatic carbocycles. The summed E-state index contributed by atoms with van der Waals surface area (Å²) in [6.45, 7) is 0. The standard InChI is InChI=1S/C13H13NO/c15-10-13-7-6-12(8-9-14-13)11-4-2-1-3-5-11/h1-6,8-10,13-14H,7H2. The van der Waals surface area contributed by atoms with Gasteiger partial charge in [0, 0.05) is 0 Å². The molecule has 1 aromatic rings. The molecule has 0 aliphatic carbocycles. The van der Waals surface area contributed by atoms with Gasteiger partial charge in [0.2, 0.25) is 0 Å². The Labute approximate surface area is 89.3 Å². The lowest BCUT2D eigenvalue weighted by Crippen LogP contribution is -2.23. The van der Waals surface area contributed by atoms with E-state index in [0.29, 0.717) is 0 Å². The third kappa shape index (κ3) is 2.34. The third-order valence-electron chi connectivity index (χ3n) is 2.44. The van der Waals surface area contributed by atoms with E-state index in [9.17, 15) is 4.79 Å². The third-order valence-corrected chi connectivity index (χ3v) is 2.44. The molecule has 0 spiro atoms. The summed E-state index contributed by atoms with van der Waals surface area (Å²) in [6, 6.07) is 10.1. The maximum absolute atomic E-state index is 10.6. The minimum atomic E-state index is -0.0949. The average molecular weight is 199 g/mol. The molecule has 0 saturated heterocycles. The molecule has 1 atom stereocenters. The summed E-state index contributed by atoms with van der Waals surface area (Å²) >= 11 is 0. The maximum Gasteiger partial charge on any atom is 0.142 e. The lowest BCUT2D eigenvalue weighted by atomic mass is 10.0. The first-order valence-corrected chi connectivity index (χ1v) is 5.03. The summed E-state index contributed by atoms with van der Waals surface area (Å²) in [4.78, 5) is 10.6. The quantitative estimate of drug-likeness (QED) is 0.739. The Morgan fingerprint density at radius 2 is 2.07 bits per heavy atom. The first-order valence-electron chi connectivity index (χ1n) is 5.03. The lowest BCUT2D eigenvalue weighted by molar-refractivity contribution is -0.109. The number of allylic oxidation sites excluding steroid dienone is 2. The van der Waals surface area contributed by atoms with Crippen molar-refractivity contribution in [3.8, 4) is 0 Å². The highest BCUT2D eigenvalue weighted by atomic mass is 16.1. The largest absolute Gasteiger partial charge is 0.381 e. The molecule has 0 aromatic heterocycles. The molecule has 0 bridgehead atoms. The molecule has 0 amide bonds. The van der Waals surface area contributed by atoms with E-state index in [0.717, 1.165) is 18.3 Å². The first kappa shape index (κ1) is 9.71. The predicted octanol–water partition coefficient (Wildman–Crippen LogP) is 2.14. The van der Waals surface area contributed by atoms with Crippen molar-refractivity contribution in [1.82, 2.24) is 5.32 Å². The van der Waals surface area contributed by atoms with Crippen LogP contribution in [0.2, 0.25) is 0 Å². The van der Waals surface area contributed by atoms with Gasteiger partial charge in [0.05, 0.1) is 6.04 Å². The zero-order valence-electron chi connectivity index (χ0n) is 8.39. The van der Waals surface area contributed by atoms with E-state index in [2.05, 4.69) is 23.5 Å². The number of aldehydes is 1. The van der Waals surface area contributed by atoms with Crippen LogP contribution >= 0.6 is 0 Å². The van der Waals surface area contributed by atoms with Gasteiger partial charge in [-0.2, -0.15) is 0 Å². The zero-order chi connectivity index (χ0) is 10.5. The molecule has 0 saturated carbocycles. The van der Waals surface area contributed by atoms with Crippen LogP contribution in [-0.4, -0.2) is 12.3 Å². The fraction of sp³-hybridized carbons (Fsp3) is 0.154. The van der Waals surface area contributed by atoms with Crippen LogP contribution in [0.5, 0.6) is 0 Å². The first-order chi connectivity index (χ1) is 7.40. The lowest BCUT2D eigenvalue weighted by Gasteiger charge is -2.03. The molecular weight excluding hydrogens is 186 g/mol. The minimum Gasteiger partial charge on any atom is -0.381 e. The second-order valence-corrected chi connectivity index (χ2v) is 3.50. The van der Waals surface area contributed by atoms with E-state index in [1.807, 2.05) is 30.5 Å². The van der Waals surface area contributed by atoms with Crippen molar-refractivity contribution in [3.05, 3.63) is 54.2 Å². The number of nitrogens with one attached hydrogen (secondary N) is 1. The number of carbonyl (C=O) groups excluding carboxylic acids is 1. The van der Waals surface area contributed by atoms with E-state index in [1.165, 1.54) is 5.56 Å². The Bertz CT molecular complexity index is 392. The van der Waals surface area contributed by atoms with Crippen LogP contribution in [0.3, 0.4) is 0 Å². The number of hydrogen-bond donors (Lipinski definition) is 1. The van der Waals surface area contributed by atoms with Gasteiger partial charge >= 0.3 is 0 Å². The molecule has 15 heavy (non-hydrogen) atoms. The van der Waals surface area contributed by atoms with E-state index in [4.69, 9.17) is 0 Å². The van der Waals surface area contributed by atoms with Gasteiger partial charge in [-0.15, -0.1) is 0 Å². The summed E-state index contributed by atoms with van der Waals surface area (Å²) in [6.07, 6.45) is 7.60. The summed E-state index contributed by atoms with van der Waals surface area (Å²) in [7, 11) is 0. The van der Waals surface area contributed by atoms with E-state index >= 15 is 0 Å². The van der Waals surface area contributed by atoms with E-state index in [-0.39, 0.29) is 6.04 Å². The highest BCUT2D eigenvalue weighted by molar-refractivity contribution is 5.75. The number of hydrogen-bond acceptors (Lipinski definition) is 2. The summed E-state index contributed by atoms with van der Waals surface area (Å²) in [5, 5.41) is 3.03. The van der Waals surface area contributed by atoms with Crippen molar-refractivity contribution in [2.24, 2.45) is 0 Å². The molecule has 2 nitrogen and oxygen atoms in total. The minimum absolute atomic E-state index is 0.0949. The van der Waals surface area contributed by atoms with Gasteiger partial charge in [-0.3, -0.25) is 0 Å². The monoisotopic (exact) mass is 199 g/mol. The van der Waals surface area contributed by atoms with Crippen molar-refractivity contribution in [3.63, 3.8) is 0 Å². The van der Waals surface area contributed by atoms with Crippen LogP contribution in [0.25, 0.3) is 5.57 Å². The Morgan fingerprint density at radius 3 is 2.80 bits per heavy atom. The second kappa shape index (κ2) is 4.60. The SMILES string of the molecule is O=CC1CC=C(c2ccccc2)C=CN1. The molecule has 0 fully saturated rings. The topological polar surface area (TPSA) is 29.1 Å². The number of rotatable bonds is 2. The Hall–Kier alpha value is -1.83. The maximum atomic E-state index is 10.6. The van der Waals surface area contributed by atoms with Crippen LogP contribution in [0.1, 0.15) is 12.0 Å². The molecule has 76 valence electrons. The molecule has 1 heterocycles. The van der Waals surface area contributed by atoms with Crippen molar-refractivity contribution in [2.45, 2.75) is 12.5 Å². The van der Waals surface area contributed by atoms with Gasteiger partial charge in [0.15, 0.2) is 0 Å². The molecule has 2 rings (SSSR count). The molecule has 2 heteroatoms. The van der Waals surface area contributed by atoms with Gasteiger partial charge < -0.3 is 10.1 Å². The molecule has 1 unspecified atom stereocenters. The van der Waals surface area contributed by atoms with E-state index < -0.39 is 0 Å². The van der Waals surface area contributed by atoms with E-state index in [1.54, 1.807) is 0 Å². The van der Waals surface area contributed by atoms with Crippen molar-refractivity contribution in [2.75, 3.05) is 0 Å². The second-order valence-electron chi connectivity index (χ2n) is 3.50. The molecular formula is C13H13NO. The Morgan fingerprint density at radius 1 is 1.27 bits per heavy atom. The highest BCUT2D eigenvalue weighted by Gasteiger charge is 2.06. The zero-order valence-corrected chi connectivity index (χ0v) is 8.39. The fourth-order valence-electron chi connectivity index (χ4n) is 1.59. The van der Waals surface area contributed by atoms with Crippen molar-refractivity contribution in [1.29, 1.82) is 0 Å². The molecule has 1 aliphatic heterocycles. The van der Waals surface area contributed by atoms with Gasteiger partial charge in [-0.05, 0) is 29.8 Å². The fourth-order valence-corrected chi connectivity index (χ4v) is 1.59. The molecule has 0 radical (unpaired) electrons. The van der Waals surface area contributed by atoms with Gasteiger partial charge in [0.25, 0.3) is 0 Å². The van der Waals surface area contributed by atoms with Gasteiger partial charge in [0.1, 0.15) is 6.29 Å². The van der Waals surface area contributed by atoms with Crippen LogP contribution in [0, 0.1) is 0 Å². The molecule has 1 aliphatic rings. The Balaban J connectivity index is 2.23. The summed E-state index contributed by atoms with van der Waals surface area (Å²) < 4.78 is 0. The smallest absolute Gasteiger partial charge is 0.142 e. The van der Waals surface area contributed by atoms with Crippen LogP contribution < -0.4 is 5.32 Å². The normalized spacial score (nSPS) is 20.0. The van der Waals surface area contributed by atoms with Gasteiger partial charge in [-0.1, -0.05) is 36.4 Å². The van der Waals surface area contributed by atoms with Crippen molar-refractivity contribution < 1.29 is 4.79 Å². The predicted molar refractivity (Wildman–Crippen MR) is 61.2 cm³/mol.